The molecule has 2 saturated heterocycles. The molecule has 1 amide bonds. The fourth-order valence-electron chi connectivity index (χ4n) is 2.27. The van der Waals surface area contributed by atoms with Crippen LogP contribution in [0.15, 0.2) is 0 Å². The largest absolute Gasteiger partial charge is 0.374 e. The molecule has 0 radical (unpaired) electrons. The van der Waals surface area contributed by atoms with E-state index in [9.17, 15) is 4.79 Å². The molecule has 1 N–H and O–H groups in total. The molecule has 2 fully saturated rings. The van der Waals surface area contributed by atoms with Crippen LogP contribution in [0.5, 0.6) is 0 Å². The van der Waals surface area contributed by atoms with Crippen molar-refractivity contribution in [1.82, 2.24) is 5.32 Å². The lowest BCUT2D eigenvalue weighted by molar-refractivity contribution is -0.132. The van der Waals surface area contributed by atoms with Gasteiger partial charge in [0.15, 0.2) is 0 Å². The standard InChI is InChI=1S/C10H17NO2/c1-6-5-8-3-4-9(13-8)7(2)10(12)11-6/h6-9H,3-5H2,1-2H3,(H,11,12)/t6-,7+,8-,9+/m1/s1. The van der Waals surface area contributed by atoms with E-state index in [4.69, 9.17) is 4.74 Å². The van der Waals surface area contributed by atoms with Gasteiger partial charge in [-0.2, -0.15) is 0 Å². The van der Waals surface area contributed by atoms with E-state index in [1.807, 2.05) is 13.8 Å². The third-order valence-corrected chi connectivity index (χ3v) is 3.12. The summed E-state index contributed by atoms with van der Waals surface area (Å²) in [5.41, 5.74) is 0. The van der Waals surface area contributed by atoms with Gasteiger partial charge in [0, 0.05) is 6.04 Å². The molecule has 0 aromatic rings. The number of rotatable bonds is 0. The van der Waals surface area contributed by atoms with E-state index in [1.165, 1.54) is 0 Å². The van der Waals surface area contributed by atoms with Gasteiger partial charge < -0.3 is 10.1 Å². The third kappa shape index (κ3) is 1.70. The van der Waals surface area contributed by atoms with Crippen molar-refractivity contribution in [2.24, 2.45) is 5.92 Å². The van der Waals surface area contributed by atoms with Crippen molar-refractivity contribution in [3.8, 4) is 0 Å². The fraction of sp³-hybridized carbons (Fsp3) is 0.900. The lowest BCUT2D eigenvalue weighted by Crippen LogP contribution is -2.44. The van der Waals surface area contributed by atoms with Crippen molar-refractivity contribution in [1.29, 1.82) is 0 Å². The van der Waals surface area contributed by atoms with E-state index in [-0.39, 0.29) is 24.0 Å². The molecular formula is C10H17NO2. The third-order valence-electron chi connectivity index (χ3n) is 3.12. The second-order valence-corrected chi connectivity index (χ2v) is 4.31. The van der Waals surface area contributed by atoms with Gasteiger partial charge in [-0.3, -0.25) is 4.79 Å². The first kappa shape index (κ1) is 9.00. The summed E-state index contributed by atoms with van der Waals surface area (Å²) in [4.78, 5) is 11.6. The Morgan fingerprint density at radius 1 is 1.38 bits per heavy atom. The molecule has 2 bridgehead atoms. The lowest BCUT2D eigenvalue weighted by atomic mass is 10.0. The molecule has 2 rings (SSSR count). The quantitative estimate of drug-likeness (QED) is 0.610. The molecule has 13 heavy (non-hydrogen) atoms. The van der Waals surface area contributed by atoms with E-state index in [0.717, 1.165) is 19.3 Å². The summed E-state index contributed by atoms with van der Waals surface area (Å²) >= 11 is 0. The predicted molar refractivity (Wildman–Crippen MR) is 49.3 cm³/mol. The van der Waals surface area contributed by atoms with Crippen molar-refractivity contribution in [3.63, 3.8) is 0 Å². The number of carbonyl (C=O) groups excluding carboxylic acids is 1. The van der Waals surface area contributed by atoms with E-state index in [2.05, 4.69) is 5.32 Å². The Labute approximate surface area is 78.8 Å². The first-order valence-electron chi connectivity index (χ1n) is 5.12. The fourth-order valence-corrected chi connectivity index (χ4v) is 2.27. The summed E-state index contributed by atoms with van der Waals surface area (Å²) in [6.45, 7) is 4.01. The van der Waals surface area contributed by atoms with Gasteiger partial charge in [-0.1, -0.05) is 6.92 Å². The Hall–Kier alpha value is -0.570. The molecule has 2 heterocycles. The SMILES string of the molecule is C[C@@H]1C[C@H]2CC[C@H](O2)[C@H](C)C(=O)N1. The maximum absolute atomic E-state index is 11.6. The highest BCUT2D eigenvalue weighted by molar-refractivity contribution is 5.79. The van der Waals surface area contributed by atoms with Gasteiger partial charge in [0.05, 0.1) is 18.1 Å². The monoisotopic (exact) mass is 183 g/mol. The summed E-state index contributed by atoms with van der Waals surface area (Å²) < 4.78 is 5.79. The Balaban J connectivity index is 2.11. The summed E-state index contributed by atoms with van der Waals surface area (Å²) in [5, 5.41) is 3.01. The van der Waals surface area contributed by atoms with Crippen molar-refractivity contribution >= 4 is 5.91 Å². The molecule has 0 aromatic carbocycles. The Morgan fingerprint density at radius 2 is 2.15 bits per heavy atom. The highest BCUT2D eigenvalue weighted by Crippen LogP contribution is 2.29. The Bertz CT molecular complexity index is 217. The smallest absolute Gasteiger partial charge is 0.225 e. The zero-order valence-corrected chi connectivity index (χ0v) is 8.25. The molecular weight excluding hydrogens is 166 g/mol. The van der Waals surface area contributed by atoms with Crippen molar-refractivity contribution in [3.05, 3.63) is 0 Å². The van der Waals surface area contributed by atoms with Crippen molar-refractivity contribution < 1.29 is 9.53 Å². The molecule has 0 aromatic heterocycles. The van der Waals surface area contributed by atoms with Crippen LogP contribution in [0.3, 0.4) is 0 Å². The number of amides is 1. The summed E-state index contributed by atoms with van der Waals surface area (Å²) in [5.74, 6) is 0.172. The first-order chi connectivity index (χ1) is 6.16. The average Bonchev–Trinajstić information content (AvgIpc) is 2.50. The molecule has 2 aliphatic rings. The number of carbonyl (C=O) groups is 1. The van der Waals surface area contributed by atoms with Crippen LogP contribution in [0.25, 0.3) is 0 Å². The second kappa shape index (κ2) is 3.29. The second-order valence-electron chi connectivity index (χ2n) is 4.31. The highest BCUT2D eigenvalue weighted by Gasteiger charge is 2.36. The molecule has 2 aliphatic heterocycles. The summed E-state index contributed by atoms with van der Waals surface area (Å²) in [7, 11) is 0. The summed E-state index contributed by atoms with van der Waals surface area (Å²) in [6.07, 6.45) is 3.68. The van der Waals surface area contributed by atoms with Gasteiger partial charge in [-0.05, 0) is 26.2 Å². The zero-order chi connectivity index (χ0) is 9.42. The van der Waals surface area contributed by atoms with E-state index in [1.54, 1.807) is 0 Å². The number of ether oxygens (including phenoxy) is 1. The molecule has 3 heteroatoms. The van der Waals surface area contributed by atoms with Crippen LogP contribution >= 0.6 is 0 Å². The first-order valence-corrected chi connectivity index (χ1v) is 5.12. The zero-order valence-electron chi connectivity index (χ0n) is 8.25. The highest BCUT2D eigenvalue weighted by atomic mass is 16.5. The Morgan fingerprint density at radius 3 is 2.92 bits per heavy atom. The number of hydrogen-bond acceptors (Lipinski definition) is 2. The predicted octanol–water partition coefficient (Wildman–Crippen LogP) is 1.08. The normalized spacial score (nSPS) is 45.2. The van der Waals surface area contributed by atoms with Crippen LogP contribution in [0.2, 0.25) is 0 Å². The van der Waals surface area contributed by atoms with Crippen molar-refractivity contribution in [2.75, 3.05) is 0 Å². The van der Waals surface area contributed by atoms with Crippen LogP contribution in [-0.2, 0) is 9.53 Å². The van der Waals surface area contributed by atoms with Gasteiger partial charge in [0.25, 0.3) is 0 Å². The maximum atomic E-state index is 11.6. The lowest BCUT2D eigenvalue weighted by Gasteiger charge is -2.26. The van der Waals surface area contributed by atoms with Crippen LogP contribution < -0.4 is 5.32 Å². The molecule has 74 valence electrons. The minimum atomic E-state index is 0.0211. The van der Waals surface area contributed by atoms with Gasteiger partial charge in [0.2, 0.25) is 5.91 Å². The molecule has 0 saturated carbocycles. The van der Waals surface area contributed by atoms with Crippen LogP contribution in [-0.4, -0.2) is 24.2 Å². The minimum Gasteiger partial charge on any atom is -0.374 e. The van der Waals surface area contributed by atoms with E-state index in [0.29, 0.717) is 6.10 Å². The van der Waals surface area contributed by atoms with Gasteiger partial charge in [0.1, 0.15) is 0 Å². The minimum absolute atomic E-state index is 0.0211. The molecule has 4 atom stereocenters. The number of nitrogens with one attached hydrogen (secondary N) is 1. The van der Waals surface area contributed by atoms with Crippen molar-refractivity contribution in [2.45, 2.75) is 51.4 Å². The Kier molecular flexibility index (Phi) is 2.28. The maximum Gasteiger partial charge on any atom is 0.225 e. The molecule has 0 aliphatic carbocycles. The van der Waals surface area contributed by atoms with Gasteiger partial charge in [-0.15, -0.1) is 0 Å². The molecule has 0 unspecified atom stereocenters. The average molecular weight is 183 g/mol. The van der Waals surface area contributed by atoms with Crippen LogP contribution in [0.4, 0.5) is 0 Å². The molecule has 3 nitrogen and oxygen atoms in total. The van der Waals surface area contributed by atoms with Gasteiger partial charge >= 0.3 is 0 Å². The molecule has 0 spiro atoms. The van der Waals surface area contributed by atoms with Gasteiger partial charge in [-0.25, -0.2) is 0 Å². The van der Waals surface area contributed by atoms with E-state index < -0.39 is 0 Å². The number of hydrogen-bond donors (Lipinski definition) is 1. The number of fused-ring (bicyclic) bond motifs is 2. The van der Waals surface area contributed by atoms with E-state index >= 15 is 0 Å². The topological polar surface area (TPSA) is 38.3 Å². The van der Waals surface area contributed by atoms with Crippen LogP contribution in [0, 0.1) is 5.92 Å². The van der Waals surface area contributed by atoms with Crippen LogP contribution in [0.1, 0.15) is 33.1 Å². The summed E-state index contributed by atoms with van der Waals surface area (Å²) in [6, 6.07) is 0.263.